The van der Waals surface area contributed by atoms with Gasteiger partial charge in [-0.25, -0.2) is 0 Å². The highest BCUT2D eigenvalue weighted by atomic mass is 35.5. The first-order valence-corrected chi connectivity index (χ1v) is 8.50. The van der Waals surface area contributed by atoms with Crippen LogP contribution in [0.3, 0.4) is 0 Å². The molecule has 0 aromatic heterocycles. The molecule has 0 unspecified atom stereocenters. The van der Waals surface area contributed by atoms with Crippen molar-refractivity contribution in [3.8, 4) is 5.75 Å². The lowest BCUT2D eigenvalue weighted by Gasteiger charge is -2.13. The van der Waals surface area contributed by atoms with Crippen molar-refractivity contribution in [3.63, 3.8) is 0 Å². The number of phenolic OH excluding ortho intramolecular Hbond substituents is 1. The van der Waals surface area contributed by atoms with Gasteiger partial charge in [-0.2, -0.15) is 0 Å². The lowest BCUT2D eigenvalue weighted by Crippen LogP contribution is -2.27. The van der Waals surface area contributed by atoms with Crippen LogP contribution >= 0.6 is 35.0 Å². The van der Waals surface area contributed by atoms with Crippen LogP contribution in [0.1, 0.15) is 11.1 Å². The average molecular weight is 380 g/mol. The van der Waals surface area contributed by atoms with E-state index >= 15 is 0 Å². The highest BCUT2D eigenvalue weighted by molar-refractivity contribution is 8.18. The molecule has 1 fully saturated rings. The smallest absolute Gasteiger partial charge is 0.293 e. The Bertz CT molecular complexity index is 867. The molecule has 0 saturated carbocycles. The quantitative estimate of drug-likeness (QED) is 0.767. The van der Waals surface area contributed by atoms with Gasteiger partial charge in [0.1, 0.15) is 5.75 Å². The summed E-state index contributed by atoms with van der Waals surface area (Å²) in [7, 11) is 0. The van der Waals surface area contributed by atoms with Crippen molar-refractivity contribution >= 4 is 52.2 Å². The summed E-state index contributed by atoms with van der Waals surface area (Å²) in [6, 6.07) is 11.6. The number of nitrogens with zero attached hydrogens (tertiary/aromatic N) is 1. The Morgan fingerprint density at radius 1 is 1.08 bits per heavy atom. The highest BCUT2D eigenvalue weighted by Crippen LogP contribution is 2.35. The first-order chi connectivity index (χ1) is 11.5. The van der Waals surface area contributed by atoms with Crippen molar-refractivity contribution in [2.24, 2.45) is 0 Å². The summed E-state index contributed by atoms with van der Waals surface area (Å²) in [6.07, 6.45) is 1.57. The maximum Gasteiger partial charge on any atom is 0.293 e. The third kappa shape index (κ3) is 3.43. The fourth-order valence-corrected chi connectivity index (χ4v) is 3.42. The number of carbonyl (C=O) groups excluding carboxylic acids is 2. The van der Waals surface area contributed by atoms with Crippen molar-refractivity contribution in [1.82, 2.24) is 4.90 Å². The number of carbonyl (C=O) groups is 2. The molecule has 24 heavy (non-hydrogen) atoms. The van der Waals surface area contributed by atoms with Gasteiger partial charge in [0.25, 0.3) is 11.1 Å². The zero-order chi connectivity index (χ0) is 17.3. The number of halogens is 2. The van der Waals surface area contributed by atoms with E-state index in [-0.39, 0.29) is 28.5 Å². The van der Waals surface area contributed by atoms with Crippen LogP contribution in [0, 0.1) is 0 Å². The molecule has 122 valence electrons. The van der Waals surface area contributed by atoms with E-state index in [1.807, 2.05) is 0 Å². The molecule has 2 aromatic rings. The highest BCUT2D eigenvalue weighted by Gasteiger charge is 2.35. The van der Waals surface area contributed by atoms with Crippen LogP contribution in [0.15, 0.2) is 47.4 Å². The largest absolute Gasteiger partial charge is 0.506 e. The van der Waals surface area contributed by atoms with Crippen molar-refractivity contribution < 1.29 is 14.7 Å². The minimum atomic E-state index is -0.380. The summed E-state index contributed by atoms with van der Waals surface area (Å²) < 4.78 is 0. The normalized spacial score (nSPS) is 16.2. The van der Waals surface area contributed by atoms with Gasteiger partial charge in [0.05, 0.1) is 16.5 Å². The molecule has 1 heterocycles. The molecular weight excluding hydrogens is 369 g/mol. The number of benzene rings is 2. The molecule has 1 saturated heterocycles. The average Bonchev–Trinajstić information content (AvgIpc) is 2.80. The lowest BCUT2D eigenvalue weighted by atomic mass is 10.2. The maximum atomic E-state index is 12.5. The summed E-state index contributed by atoms with van der Waals surface area (Å²) >= 11 is 12.8. The van der Waals surface area contributed by atoms with Crippen molar-refractivity contribution in [2.75, 3.05) is 0 Å². The van der Waals surface area contributed by atoms with E-state index in [4.69, 9.17) is 23.2 Å². The Kier molecular flexibility index (Phi) is 4.85. The van der Waals surface area contributed by atoms with Gasteiger partial charge < -0.3 is 5.11 Å². The fraction of sp³-hybridized carbons (Fsp3) is 0.0588. The Morgan fingerprint density at radius 3 is 2.54 bits per heavy atom. The van der Waals surface area contributed by atoms with E-state index in [1.165, 1.54) is 12.1 Å². The van der Waals surface area contributed by atoms with Gasteiger partial charge >= 0.3 is 0 Å². The molecule has 0 spiro atoms. The Hall–Kier alpha value is -1.95. The number of hydrogen-bond donors (Lipinski definition) is 1. The van der Waals surface area contributed by atoms with Crippen LogP contribution in [0.2, 0.25) is 10.0 Å². The number of imide groups is 1. The van der Waals surface area contributed by atoms with Crippen molar-refractivity contribution in [2.45, 2.75) is 6.54 Å². The Labute approximate surface area is 152 Å². The predicted molar refractivity (Wildman–Crippen MR) is 96.1 cm³/mol. The molecule has 7 heteroatoms. The number of phenols is 1. The molecule has 1 aliphatic heterocycles. The summed E-state index contributed by atoms with van der Waals surface area (Å²) in [5, 5.41) is 9.77. The van der Waals surface area contributed by atoms with Gasteiger partial charge in [0, 0.05) is 5.02 Å². The van der Waals surface area contributed by atoms with E-state index in [1.54, 1.807) is 36.4 Å². The van der Waals surface area contributed by atoms with Gasteiger partial charge in [0.2, 0.25) is 0 Å². The van der Waals surface area contributed by atoms with Gasteiger partial charge in [-0.1, -0.05) is 47.5 Å². The third-order valence-corrected chi connectivity index (χ3v) is 5.01. The first kappa shape index (κ1) is 16.9. The molecule has 4 nitrogen and oxygen atoms in total. The van der Waals surface area contributed by atoms with Gasteiger partial charge in [0.15, 0.2) is 0 Å². The molecule has 1 aliphatic rings. The van der Waals surface area contributed by atoms with Crippen LogP contribution < -0.4 is 0 Å². The minimum absolute atomic E-state index is 0.0411. The Balaban J connectivity index is 1.84. The maximum absolute atomic E-state index is 12.5. The second-order valence-corrected chi connectivity index (χ2v) is 6.88. The standard InChI is InChI=1S/C17H11Cl2NO3S/c18-12-4-2-1-3-11(12)9-20-16(22)15(24-17(20)23)8-10-5-6-14(21)13(19)7-10/h1-8,21H,9H2/b15-8+. The fourth-order valence-electron chi connectivity index (χ4n) is 2.20. The van der Waals surface area contributed by atoms with E-state index in [2.05, 4.69) is 0 Å². The summed E-state index contributed by atoms with van der Waals surface area (Å²) in [5.74, 6) is -0.422. The summed E-state index contributed by atoms with van der Waals surface area (Å²) in [5.41, 5.74) is 1.33. The van der Waals surface area contributed by atoms with E-state index in [0.29, 0.717) is 21.1 Å². The van der Waals surface area contributed by atoms with E-state index < -0.39 is 0 Å². The third-order valence-electron chi connectivity index (χ3n) is 3.43. The first-order valence-electron chi connectivity index (χ1n) is 6.93. The SMILES string of the molecule is O=C1S/C(=C/c2ccc(O)c(Cl)c2)C(=O)N1Cc1ccccc1Cl. The molecule has 0 bridgehead atoms. The zero-order valence-electron chi connectivity index (χ0n) is 12.2. The Morgan fingerprint density at radius 2 is 1.83 bits per heavy atom. The molecule has 0 atom stereocenters. The lowest BCUT2D eigenvalue weighted by molar-refractivity contribution is -0.123. The molecule has 0 aliphatic carbocycles. The molecule has 2 amide bonds. The topological polar surface area (TPSA) is 57.6 Å². The van der Waals surface area contributed by atoms with Crippen LogP contribution in [-0.4, -0.2) is 21.2 Å². The molecule has 1 N–H and O–H groups in total. The molecule has 2 aromatic carbocycles. The van der Waals surface area contributed by atoms with Crippen molar-refractivity contribution in [3.05, 3.63) is 68.5 Å². The van der Waals surface area contributed by atoms with Crippen LogP contribution in [0.4, 0.5) is 4.79 Å². The van der Waals surface area contributed by atoms with Crippen LogP contribution in [-0.2, 0) is 11.3 Å². The molecule has 0 radical (unpaired) electrons. The van der Waals surface area contributed by atoms with E-state index in [9.17, 15) is 14.7 Å². The number of rotatable bonds is 3. The number of thioether (sulfide) groups is 1. The van der Waals surface area contributed by atoms with Gasteiger partial charge in [-0.05, 0) is 47.2 Å². The van der Waals surface area contributed by atoms with Gasteiger partial charge in [-0.3, -0.25) is 14.5 Å². The second-order valence-electron chi connectivity index (χ2n) is 5.07. The van der Waals surface area contributed by atoms with Crippen molar-refractivity contribution in [1.29, 1.82) is 0 Å². The minimum Gasteiger partial charge on any atom is -0.506 e. The molecule has 3 rings (SSSR count). The van der Waals surface area contributed by atoms with E-state index in [0.717, 1.165) is 16.7 Å². The summed E-state index contributed by atoms with van der Waals surface area (Å²) in [6.45, 7) is 0.123. The monoisotopic (exact) mass is 379 g/mol. The number of amides is 2. The number of hydrogen-bond acceptors (Lipinski definition) is 4. The number of aromatic hydroxyl groups is 1. The van der Waals surface area contributed by atoms with Crippen LogP contribution in [0.5, 0.6) is 5.75 Å². The predicted octanol–water partition coefficient (Wildman–Crippen LogP) is 4.94. The zero-order valence-corrected chi connectivity index (χ0v) is 14.5. The summed E-state index contributed by atoms with van der Waals surface area (Å²) in [4.78, 5) is 26.1. The van der Waals surface area contributed by atoms with Crippen LogP contribution in [0.25, 0.3) is 6.08 Å². The second kappa shape index (κ2) is 6.89. The van der Waals surface area contributed by atoms with Gasteiger partial charge in [-0.15, -0.1) is 0 Å². The molecular formula is C17H11Cl2NO3S.